The van der Waals surface area contributed by atoms with Gasteiger partial charge in [-0.05, 0) is 40.3 Å². The molecule has 2 rings (SSSR count). The zero-order valence-electron chi connectivity index (χ0n) is 9.68. The average Bonchev–Trinajstić information content (AvgIpc) is 2.56. The van der Waals surface area contributed by atoms with Crippen LogP contribution < -0.4 is 16.7 Å². The zero-order valence-corrected chi connectivity index (χ0v) is 11.8. The number of nitrogens with one attached hydrogen (secondary N) is 2. The third kappa shape index (κ3) is 3.08. The lowest BCUT2D eigenvalue weighted by atomic mass is 10.2. The van der Waals surface area contributed by atoms with E-state index in [1.165, 1.54) is 0 Å². The quantitative estimate of drug-likeness (QED) is 0.602. The van der Waals surface area contributed by atoms with Gasteiger partial charge in [-0.25, -0.2) is 9.59 Å². The number of amides is 2. The number of H-pyrrole nitrogens is 1. The monoisotopic (exact) mass is 374 g/mol. The second-order valence-electron chi connectivity index (χ2n) is 3.83. The molecule has 0 atom stereocenters. The van der Waals surface area contributed by atoms with E-state index in [0.29, 0.717) is 0 Å². The highest BCUT2D eigenvalue weighted by Crippen LogP contribution is 2.19. The molecular weight excluding hydrogens is 363 g/mol. The Labute approximate surface area is 121 Å². The predicted molar refractivity (Wildman–Crippen MR) is 78.2 cm³/mol. The Kier molecular flexibility index (Phi) is 3.79. The summed E-state index contributed by atoms with van der Waals surface area (Å²) in [5, 5.41) is 12.0. The maximum Gasteiger partial charge on any atom is 0.330 e. The Hall–Kier alpha value is -1.97. The second-order valence-corrected chi connectivity index (χ2v) is 5.08. The van der Waals surface area contributed by atoms with Gasteiger partial charge in [-0.15, -0.1) is 0 Å². The van der Waals surface area contributed by atoms with Crippen LogP contribution in [-0.4, -0.2) is 20.7 Å². The van der Waals surface area contributed by atoms with Gasteiger partial charge in [-0.3, -0.25) is 14.9 Å². The van der Waals surface area contributed by atoms with Gasteiger partial charge in [0.15, 0.2) is 5.82 Å². The van der Waals surface area contributed by atoms with E-state index in [2.05, 4.69) is 32.9 Å². The van der Waals surface area contributed by atoms with E-state index < -0.39 is 11.7 Å². The van der Waals surface area contributed by atoms with Crippen LogP contribution in [0, 0.1) is 3.57 Å². The standard InChI is InChI=1S/C11H11IN4O3/c12-7-3-1-2-6(4-7)5-16-9(17)8(14-10(13)18)15-11(16)19/h1-4,17H,5H2,(H,15,19)(H3,13,14,18). The molecule has 1 aromatic carbocycles. The number of carbonyl (C=O) groups excluding carboxylic acids is 1. The normalized spacial score (nSPS) is 10.4. The third-order valence-corrected chi connectivity index (χ3v) is 3.11. The largest absolute Gasteiger partial charge is 0.492 e. The number of hydrogen-bond acceptors (Lipinski definition) is 3. The van der Waals surface area contributed by atoms with Crippen LogP contribution in [0.5, 0.6) is 5.88 Å². The van der Waals surface area contributed by atoms with Crippen LogP contribution in [0.4, 0.5) is 10.6 Å². The lowest BCUT2D eigenvalue weighted by Gasteiger charge is -2.04. The first-order valence-corrected chi connectivity index (χ1v) is 6.38. The number of aromatic nitrogens is 2. The van der Waals surface area contributed by atoms with Gasteiger partial charge in [-0.2, -0.15) is 0 Å². The number of nitrogens with zero attached hydrogens (tertiary/aromatic N) is 1. The van der Waals surface area contributed by atoms with Crippen molar-refractivity contribution in [1.82, 2.24) is 9.55 Å². The Morgan fingerprint density at radius 2 is 2.26 bits per heavy atom. The molecule has 0 aliphatic carbocycles. The van der Waals surface area contributed by atoms with E-state index in [4.69, 9.17) is 5.73 Å². The molecule has 0 aliphatic heterocycles. The summed E-state index contributed by atoms with van der Waals surface area (Å²) in [6.45, 7) is 0.193. The Bertz CT molecular complexity index is 677. The average molecular weight is 374 g/mol. The zero-order chi connectivity index (χ0) is 14.0. The van der Waals surface area contributed by atoms with Gasteiger partial charge in [0.05, 0.1) is 6.54 Å². The van der Waals surface area contributed by atoms with Crippen molar-refractivity contribution in [3.63, 3.8) is 0 Å². The van der Waals surface area contributed by atoms with Crippen molar-refractivity contribution in [1.29, 1.82) is 0 Å². The number of imidazole rings is 1. The molecule has 0 saturated carbocycles. The fourth-order valence-corrected chi connectivity index (χ4v) is 2.24. The first kappa shape index (κ1) is 13.5. The maximum absolute atomic E-state index is 11.7. The van der Waals surface area contributed by atoms with Crippen molar-refractivity contribution in [3.05, 3.63) is 43.9 Å². The highest BCUT2D eigenvalue weighted by molar-refractivity contribution is 14.1. The van der Waals surface area contributed by atoms with Crippen LogP contribution in [0.2, 0.25) is 0 Å². The van der Waals surface area contributed by atoms with Gasteiger partial charge in [0.1, 0.15) is 0 Å². The van der Waals surface area contributed by atoms with Crippen molar-refractivity contribution < 1.29 is 9.90 Å². The summed E-state index contributed by atoms with van der Waals surface area (Å²) in [5.74, 6) is -0.467. The van der Waals surface area contributed by atoms with Crippen molar-refractivity contribution in [2.45, 2.75) is 6.54 Å². The van der Waals surface area contributed by atoms with Gasteiger partial charge in [0, 0.05) is 3.57 Å². The number of aromatic amines is 1. The van der Waals surface area contributed by atoms with Gasteiger partial charge >= 0.3 is 11.7 Å². The molecule has 2 aromatic rings. The van der Waals surface area contributed by atoms with E-state index in [1.807, 2.05) is 24.3 Å². The summed E-state index contributed by atoms with van der Waals surface area (Å²) in [6.07, 6.45) is 0. The molecule has 1 heterocycles. The maximum atomic E-state index is 11.7. The number of hydrogen-bond donors (Lipinski definition) is 4. The molecule has 0 radical (unpaired) electrons. The molecular formula is C11H11IN4O3. The summed E-state index contributed by atoms with van der Waals surface area (Å²) in [5.41, 5.74) is 5.26. The summed E-state index contributed by atoms with van der Waals surface area (Å²) in [6, 6.07) is 6.64. The number of halogens is 1. The lowest BCUT2D eigenvalue weighted by molar-refractivity contribution is 0.259. The van der Waals surface area contributed by atoms with Crippen LogP contribution in [0.1, 0.15) is 5.56 Å². The summed E-state index contributed by atoms with van der Waals surface area (Å²) >= 11 is 2.16. The van der Waals surface area contributed by atoms with Crippen molar-refractivity contribution >= 4 is 34.4 Å². The Balaban J connectivity index is 2.33. The number of aromatic hydroxyl groups is 1. The molecule has 8 heteroatoms. The SMILES string of the molecule is NC(=O)Nc1[nH]c(=O)n(Cc2cccc(I)c2)c1O. The predicted octanol–water partition coefficient (Wildman–Crippen LogP) is 1.03. The third-order valence-electron chi connectivity index (χ3n) is 2.43. The topological polar surface area (TPSA) is 113 Å². The Morgan fingerprint density at radius 1 is 1.53 bits per heavy atom. The van der Waals surface area contributed by atoms with Crippen LogP contribution in [0.3, 0.4) is 0 Å². The number of anilines is 1. The number of nitrogens with two attached hydrogens (primary N) is 1. The van der Waals surface area contributed by atoms with E-state index in [0.717, 1.165) is 13.7 Å². The highest BCUT2D eigenvalue weighted by Gasteiger charge is 2.14. The molecule has 0 spiro atoms. The number of urea groups is 1. The van der Waals surface area contributed by atoms with Crippen LogP contribution in [0.25, 0.3) is 0 Å². The van der Waals surface area contributed by atoms with Gasteiger partial charge in [-0.1, -0.05) is 12.1 Å². The molecule has 100 valence electrons. The summed E-state index contributed by atoms with van der Waals surface area (Å²) in [7, 11) is 0. The van der Waals surface area contributed by atoms with Crippen LogP contribution in [-0.2, 0) is 6.54 Å². The van der Waals surface area contributed by atoms with Gasteiger partial charge in [0.25, 0.3) is 0 Å². The molecule has 7 nitrogen and oxygen atoms in total. The summed E-state index contributed by atoms with van der Waals surface area (Å²) < 4.78 is 2.13. The fraction of sp³-hybridized carbons (Fsp3) is 0.0909. The molecule has 0 aliphatic rings. The number of carbonyl (C=O) groups is 1. The minimum atomic E-state index is -0.863. The molecule has 0 saturated heterocycles. The molecule has 0 fully saturated rings. The van der Waals surface area contributed by atoms with Gasteiger partial charge in [0.2, 0.25) is 5.88 Å². The first-order valence-electron chi connectivity index (χ1n) is 5.30. The van der Waals surface area contributed by atoms with Crippen molar-refractivity contribution in [3.8, 4) is 5.88 Å². The minimum Gasteiger partial charge on any atom is -0.492 e. The smallest absolute Gasteiger partial charge is 0.330 e. The Morgan fingerprint density at radius 3 is 2.89 bits per heavy atom. The van der Waals surface area contributed by atoms with Crippen molar-refractivity contribution in [2.75, 3.05) is 5.32 Å². The summed E-state index contributed by atoms with van der Waals surface area (Å²) in [4.78, 5) is 24.7. The van der Waals surface area contributed by atoms with E-state index in [-0.39, 0.29) is 18.2 Å². The number of rotatable bonds is 3. The molecule has 0 bridgehead atoms. The van der Waals surface area contributed by atoms with E-state index >= 15 is 0 Å². The minimum absolute atomic E-state index is 0.108. The van der Waals surface area contributed by atoms with E-state index in [1.54, 1.807) is 0 Å². The van der Waals surface area contributed by atoms with Crippen LogP contribution in [0.15, 0.2) is 29.1 Å². The van der Waals surface area contributed by atoms with Crippen LogP contribution >= 0.6 is 22.6 Å². The molecule has 1 aromatic heterocycles. The molecule has 2 amide bonds. The molecule has 5 N–H and O–H groups in total. The highest BCUT2D eigenvalue weighted by atomic mass is 127. The number of primary amides is 1. The molecule has 0 unspecified atom stereocenters. The number of benzene rings is 1. The van der Waals surface area contributed by atoms with Gasteiger partial charge < -0.3 is 10.8 Å². The first-order chi connectivity index (χ1) is 8.97. The lowest BCUT2D eigenvalue weighted by Crippen LogP contribution is -2.20. The molecule has 19 heavy (non-hydrogen) atoms. The van der Waals surface area contributed by atoms with E-state index in [9.17, 15) is 14.7 Å². The second kappa shape index (κ2) is 5.34. The fourth-order valence-electron chi connectivity index (χ4n) is 1.64. The van der Waals surface area contributed by atoms with Crippen molar-refractivity contribution in [2.24, 2.45) is 5.73 Å².